The highest BCUT2D eigenvalue weighted by molar-refractivity contribution is 6.37. The number of fused-ring (bicyclic) bond motifs is 1. The van der Waals surface area contributed by atoms with Gasteiger partial charge in [0.25, 0.3) is 0 Å². The number of benzene rings is 1. The molecule has 0 aromatic heterocycles. The summed E-state index contributed by atoms with van der Waals surface area (Å²) in [6.45, 7) is 3.79. The first-order valence-electron chi connectivity index (χ1n) is 6.17. The molecule has 1 aromatic rings. The average Bonchev–Trinajstić information content (AvgIpc) is 2.81. The number of aromatic carboxylic acids is 1. The molecule has 1 saturated heterocycles. The van der Waals surface area contributed by atoms with Gasteiger partial charge < -0.3 is 5.11 Å². The fourth-order valence-electron chi connectivity index (χ4n) is 3.01. The van der Waals surface area contributed by atoms with Crippen LogP contribution in [0, 0.1) is 17.3 Å². The fourth-order valence-corrected chi connectivity index (χ4v) is 3.27. The first kappa shape index (κ1) is 13.1. The Kier molecular flexibility index (Phi) is 2.51. The molecule has 1 heterocycles. The van der Waals surface area contributed by atoms with Crippen LogP contribution in [0.3, 0.4) is 0 Å². The van der Waals surface area contributed by atoms with Crippen molar-refractivity contribution in [2.24, 2.45) is 17.3 Å². The van der Waals surface area contributed by atoms with E-state index in [2.05, 4.69) is 0 Å². The zero-order chi connectivity index (χ0) is 14.8. The first-order chi connectivity index (χ1) is 9.26. The molecule has 1 saturated carbocycles. The second kappa shape index (κ2) is 3.82. The molecule has 3 rings (SSSR count). The van der Waals surface area contributed by atoms with Crippen LogP contribution in [-0.2, 0) is 9.59 Å². The van der Waals surface area contributed by atoms with Gasteiger partial charge >= 0.3 is 5.97 Å². The number of nitrogens with zero attached hydrogens (tertiary/aromatic N) is 1. The third kappa shape index (κ3) is 1.53. The van der Waals surface area contributed by atoms with Gasteiger partial charge in [-0.2, -0.15) is 0 Å². The monoisotopic (exact) mass is 293 g/mol. The third-order valence-corrected chi connectivity index (χ3v) is 4.54. The van der Waals surface area contributed by atoms with E-state index < -0.39 is 5.97 Å². The molecule has 2 atom stereocenters. The Balaban J connectivity index is 1.98. The van der Waals surface area contributed by atoms with Crippen LogP contribution in [0.4, 0.5) is 5.69 Å². The van der Waals surface area contributed by atoms with Crippen LogP contribution in [0.5, 0.6) is 0 Å². The SMILES string of the molecule is CC1(C)C2C(=O)N(c3ccc(C(=O)O)cc3Cl)C(=O)C21. The van der Waals surface area contributed by atoms with E-state index in [9.17, 15) is 14.4 Å². The van der Waals surface area contributed by atoms with E-state index in [0.717, 1.165) is 4.90 Å². The first-order valence-corrected chi connectivity index (χ1v) is 6.55. The summed E-state index contributed by atoms with van der Waals surface area (Å²) in [4.78, 5) is 36.5. The van der Waals surface area contributed by atoms with Crippen LogP contribution < -0.4 is 4.90 Å². The fraction of sp³-hybridized carbons (Fsp3) is 0.357. The predicted molar refractivity (Wildman–Crippen MR) is 71.7 cm³/mol. The lowest BCUT2D eigenvalue weighted by Crippen LogP contribution is -2.36. The van der Waals surface area contributed by atoms with Gasteiger partial charge in [0.05, 0.1) is 28.1 Å². The lowest BCUT2D eigenvalue weighted by Gasteiger charge is -2.21. The standard InChI is InChI=1S/C14H12ClNO4/c1-14(2)9-10(14)12(18)16(11(9)17)8-4-3-6(13(19)20)5-7(8)15/h3-5,9-10H,1-2H3,(H,19,20). The predicted octanol–water partition coefficient (Wildman–Crippen LogP) is 2.18. The van der Waals surface area contributed by atoms with Crippen LogP contribution in [0.15, 0.2) is 18.2 Å². The van der Waals surface area contributed by atoms with E-state index in [0.29, 0.717) is 0 Å². The molecule has 0 spiro atoms. The molecule has 104 valence electrons. The summed E-state index contributed by atoms with van der Waals surface area (Å²) in [6, 6.07) is 3.98. The van der Waals surface area contributed by atoms with E-state index in [4.69, 9.17) is 16.7 Å². The molecule has 6 heteroatoms. The number of carbonyl (C=O) groups excluding carboxylic acids is 2. The van der Waals surface area contributed by atoms with Crippen LogP contribution in [-0.4, -0.2) is 22.9 Å². The highest BCUT2D eigenvalue weighted by Crippen LogP contribution is 2.63. The van der Waals surface area contributed by atoms with Crippen molar-refractivity contribution < 1.29 is 19.5 Å². The second-order valence-corrected chi connectivity index (χ2v) is 6.17. The summed E-state index contributed by atoms with van der Waals surface area (Å²) in [5, 5.41) is 8.97. The van der Waals surface area contributed by atoms with Gasteiger partial charge in [0, 0.05) is 0 Å². The Bertz CT molecular complexity index is 643. The molecule has 5 nitrogen and oxygen atoms in total. The molecule has 2 amide bonds. The summed E-state index contributed by atoms with van der Waals surface area (Å²) >= 11 is 6.01. The molecular formula is C14H12ClNO4. The molecule has 0 radical (unpaired) electrons. The minimum Gasteiger partial charge on any atom is -0.478 e. The van der Waals surface area contributed by atoms with Gasteiger partial charge in [0.15, 0.2) is 0 Å². The number of imide groups is 1. The molecule has 1 N–H and O–H groups in total. The Morgan fingerprint density at radius 3 is 2.25 bits per heavy atom. The normalized spacial score (nSPS) is 26.6. The maximum Gasteiger partial charge on any atom is 0.335 e. The summed E-state index contributed by atoms with van der Waals surface area (Å²) in [6.07, 6.45) is 0. The maximum absolute atomic E-state index is 12.3. The Morgan fingerprint density at radius 1 is 1.25 bits per heavy atom. The second-order valence-electron chi connectivity index (χ2n) is 5.76. The van der Waals surface area contributed by atoms with E-state index in [1.165, 1.54) is 18.2 Å². The van der Waals surface area contributed by atoms with E-state index in [1.54, 1.807) is 0 Å². The van der Waals surface area contributed by atoms with Crippen molar-refractivity contribution in [3.05, 3.63) is 28.8 Å². The van der Waals surface area contributed by atoms with Gasteiger partial charge in [-0.15, -0.1) is 0 Å². The van der Waals surface area contributed by atoms with Crippen molar-refractivity contribution in [3.8, 4) is 0 Å². The van der Waals surface area contributed by atoms with Crippen molar-refractivity contribution in [3.63, 3.8) is 0 Å². The van der Waals surface area contributed by atoms with E-state index in [-0.39, 0.29) is 45.3 Å². The van der Waals surface area contributed by atoms with Crippen molar-refractivity contribution in [2.75, 3.05) is 4.90 Å². The minimum atomic E-state index is -1.11. The molecule has 1 aromatic carbocycles. The summed E-state index contributed by atoms with van der Waals surface area (Å²) in [5.41, 5.74) is -0.00369. The van der Waals surface area contributed by atoms with Gasteiger partial charge in [0.1, 0.15) is 0 Å². The van der Waals surface area contributed by atoms with E-state index >= 15 is 0 Å². The van der Waals surface area contributed by atoms with Crippen molar-refractivity contribution in [1.82, 2.24) is 0 Å². The molecule has 0 bridgehead atoms. The number of carbonyl (C=O) groups is 3. The van der Waals surface area contributed by atoms with Gasteiger partial charge in [-0.25, -0.2) is 9.69 Å². The van der Waals surface area contributed by atoms with Gasteiger partial charge in [-0.3, -0.25) is 9.59 Å². The largest absolute Gasteiger partial charge is 0.478 e. The maximum atomic E-state index is 12.3. The molecular weight excluding hydrogens is 282 g/mol. The highest BCUT2D eigenvalue weighted by Gasteiger charge is 2.72. The molecule has 1 aliphatic heterocycles. The summed E-state index contributed by atoms with van der Waals surface area (Å²) in [7, 11) is 0. The lowest BCUT2D eigenvalue weighted by molar-refractivity contribution is -0.125. The van der Waals surface area contributed by atoms with Crippen LogP contribution in [0.2, 0.25) is 5.02 Å². The van der Waals surface area contributed by atoms with Crippen LogP contribution in [0.1, 0.15) is 24.2 Å². The Labute approximate surface area is 120 Å². The number of amides is 2. The van der Waals surface area contributed by atoms with Gasteiger partial charge in [-0.1, -0.05) is 25.4 Å². The quantitative estimate of drug-likeness (QED) is 0.848. The number of carboxylic acids is 1. The van der Waals surface area contributed by atoms with Gasteiger partial charge in [-0.05, 0) is 23.6 Å². The highest BCUT2D eigenvalue weighted by atomic mass is 35.5. The number of rotatable bonds is 2. The van der Waals surface area contributed by atoms with Crippen molar-refractivity contribution in [1.29, 1.82) is 0 Å². The van der Waals surface area contributed by atoms with Gasteiger partial charge in [0.2, 0.25) is 11.8 Å². The molecule has 1 aliphatic carbocycles. The topological polar surface area (TPSA) is 74.7 Å². The summed E-state index contributed by atoms with van der Waals surface area (Å²) < 4.78 is 0. The number of anilines is 1. The number of piperidine rings is 1. The number of hydrogen-bond acceptors (Lipinski definition) is 3. The Hall–Kier alpha value is -1.88. The Morgan fingerprint density at radius 2 is 1.80 bits per heavy atom. The lowest BCUT2D eigenvalue weighted by atomic mass is 10.0. The van der Waals surface area contributed by atoms with Crippen molar-refractivity contribution in [2.45, 2.75) is 13.8 Å². The molecule has 20 heavy (non-hydrogen) atoms. The number of carboxylic acid groups (broad SMARTS) is 1. The van der Waals surface area contributed by atoms with Crippen molar-refractivity contribution >= 4 is 35.1 Å². The summed E-state index contributed by atoms with van der Waals surface area (Å²) in [5.74, 6) is -2.19. The number of hydrogen-bond donors (Lipinski definition) is 1. The minimum absolute atomic E-state index is 0.0170. The van der Waals surface area contributed by atoms with Crippen LogP contribution >= 0.6 is 11.6 Å². The van der Waals surface area contributed by atoms with E-state index in [1.807, 2.05) is 13.8 Å². The smallest absolute Gasteiger partial charge is 0.335 e. The number of halogens is 1. The molecule has 2 aliphatic rings. The molecule has 2 fully saturated rings. The average molecular weight is 294 g/mol. The zero-order valence-electron chi connectivity index (χ0n) is 10.9. The molecule has 2 unspecified atom stereocenters. The van der Waals surface area contributed by atoms with Crippen LogP contribution in [0.25, 0.3) is 0 Å². The zero-order valence-corrected chi connectivity index (χ0v) is 11.6. The third-order valence-electron chi connectivity index (χ3n) is 4.24.